The van der Waals surface area contributed by atoms with Gasteiger partial charge in [-0.25, -0.2) is 9.67 Å². The van der Waals surface area contributed by atoms with Crippen molar-refractivity contribution in [1.82, 2.24) is 20.1 Å². The second kappa shape index (κ2) is 7.43. The molecule has 0 fully saturated rings. The second-order valence-corrected chi connectivity index (χ2v) is 4.52. The summed E-state index contributed by atoms with van der Waals surface area (Å²) in [5.41, 5.74) is 0. The van der Waals surface area contributed by atoms with Crippen molar-refractivity contribution in [2.24, 2.45) is 0 Å². The molecule has 17 heavy (non-hydrogen) atoms. The molecule has 0 saturated carbocycles. The quantitative estimate of drug-likeness (QED) is 0.755. The van der Waals surface area contributed by atoms with Crippen LogP contribution >= 0.6 is 0 Å². The highest BCUT2D eigenvalue weighted by Gasteiger charge is 2.07. The van der Waals surface area contributed by atoms with Crippen LogP contribution in [0.15, 0.2) is 0 Å². The summed E-state index contributed by atoms with van der Waals surface area (Å²) in [6.45, 7) is 10.6. The highest BCUT2D eigenvalue weighted by Crippen LogP contribution is 2.01. The van der Waals surface area contributed by atoms with Crippen molar-refractivity contribution < 1.29 is 0 Å². The van der Waals surface area contributed by atoms with Crippen molar-refractivity contribution in [2.75, 3.05) is 6.54 Å². The van der Waals surface area contributed by atoms with E-state index in [-0.39, 0.29) is 0 Å². The van der Waals surface area contributed by atoms with Gasteiger partial charge < -0.3 is 5.32 Å². The predicted octanol–water partition coefficient (Wildman–Crippen LogP) is 2.18. The number of aryl methyl sites for hydroxylation is 2. The van der Waals surface area contributed by atoms with Crippen LogP contribution in [0, 0.1) is 0 Å². The topological polar surface area (TPSA) is 42.7 Å². The van der Waals surface area contributed by atoms with Crippen molar-refractivity contribution in [1.29, 1.82) is 0 Å². The van der Waals surface area contributed by atoms with Gasteiger partial charge in [0, 0.05) is 25.4 Å². The fraction of sp³-hybridized carbons (Fsp3) is 0.846. The number of aromatic nitrogens is 3. The van der Waals surface area contributed by atoms with Gasteiger partial charge >= 0.3 is 0 Å². The smallest absolute Gasteiger partial charge is 0.150 e. The summed E-state index contributed by atoms with van der Waals surface area (Å²) in [6.07, 6.45) is 4.34. The maximum Gasteiger partial charge on any atom is 0.150 e. The first-order valence-corrected chi connectivity index (χ1v) is 6.87. The van der Waals surface area contributed by atoms with Gasteiger partial charge in [-0.15, -0.1) is 0 Å². The Morgan fingerprint density at radius 2 is 2.00 bits per heavy atom. The third-order valence-corrected chi connectivity index (χ3v) is 2.96. The SMILES string of the molecule is CCCC(C)NCCn1nc(CC)nc1CC. The minimum Gasteiger partial charge on any atom is -0.312 e. The van der Waals surface area contributed by atoms with Crippen LogP contribution < -0.4 is 5.32 Å². The van der Waals surface area contributed by atoms with E-state index in [1.165, 1.54) is 12.8 Å². The van der Waals surface area contributed by atoms with Crippen molar-refractivity contribution in [3.8, 4) is 0 Å². The van der Waals surface area contributed by atoms with E-state index in [9.17, 15) is 0 Å². The van der Waals surface area contributed by atoms with Crippen molar-refractivity contribution >= 4 is 0 Å². The second-order valence-electron chi connectivity index (χ2n) is 4.52. The molecular formula is C13H26N4. The lowest BCUT2D eigenvalue weighted by Crippen LogP contribution is -2.29. The molecule has 0 amide bonds. The molecule has 0 aliphatic heterocycles. The minimum atomic E-state index is 0.597. The van der Waals surface area contributed by atoms with Crippen LogP contribution in [-0.4, -0.2) is 27.4 Å². The monoisotopic (exact) mass is 238 g/mol. The molecular weight excluding hydrogens is 212 g/mol. The molecule has 98 valence electrons. The number of hydrogen-bond acceptors (Lipinski definition) is 3. The molecule has 1 N–H and O–H groups in total. The maximum absolute atomic E-state index is 4.51. The average Bonchev–Trinajstić information content (AvgIpc) is 2.72. The summed E-state index contributed by atoms with van der Waals surface area (Å²) in [4.78, 5) is 4.51. The lowest BCUT2D eigenvalue weighted by Gasteiger charge is -2.12. The third kappa shape index (κ3) is 4.46. The molecule has 0 saturated heterocycles. The summed E-state index contributed by atoms with van der Waals surface area (Å²) >= 11 is 0. The number of nitrogens with one attached hydrogen (secondary N) is 1. The number of hydrogen-bond donors (Lipinski definition) is 1. The summed E-state index contributed by atoms with van der Waals surface area (Å²) in [5, 5.41) is 8.03. The van der Waals surface area contributed by atoms with Crippen LogP contribution in [0.4, 0.5) is 0 Å². The molecule has 0 aromatic carbocycles. The van der Waals surface area contributed by atoms with Crippen LogP contribution in [0.3, 0.4) is 0 Å². The Morgan fingerprint density at radius 1 is 1.24 bits per heavy atom. The van der Waals surface area contributed by atoms with Gasteiger partial charge in [-0.1, -0.05) is 27.2 Å². The number of rotatable bonds is 8. The highest BCUT2D eigenvalue weighted by atomic mass is 15.3. The van der Waals surface area contributed by atoms with Crippen LogP contribution in [0.5, 0.6) is 0 Å². The van der Waals surface area contributed by atoms with E-state index >= 15 is 0 Å². The molecule has 0 aliphatic carbocycles. The zero-order valence-electron chi connectivity index (χ0n) is 11.7. The van der Waals surface area contributed by atoms with Crippen LogP contribution in [0.25, 0.3) is 0 Å². The van der Waals surface area contributed by atoms with Gasteiger partial charge in [0.25, 0.3) is 0 Å². The molecule has 1 aromatic heterocycles. The first kappa shape index (κ1) is 14.2. The van der Waals surface area contributed by atoms with Crippen molar-refractivity contribution in [3.63, 3.8) is 0 Å². The van der Waals surface area contributed by atoms with Gasteiger partial charge in [0.1, 0.15) is 5.82 Å². The first-order chi connectivity index (χ1) is 8.21. The third-order valence-electron chi connectivity index (χ3n) is 2.96. The van der Waals surface area contributed by atoms with Crippen LogP contribution in [0.1, 0.15) is 52.2 Å². The Bertz CT molecular complexity index is 319. The normalized spacial score (nSPS) is 12.9. The Morgan fingerprint density at radius 3 is 2.59 bits per heavy atom. The van der Waals surface area contributed by atoms with Gasteiger partial charge in [0.2, 0.25) is 0 Å². The number of nitrogens with zero attached hydrogens (tertiary/aromatic N) is 3. The molecule has 0 bridgehead atoms. The fourth-order valence-corrected chi connectivity index (χ4v) is 1.97. The predicted molar refractivity (Wildman–Crippen MR) is 71.2 cm³/mol. The fourth-order valence-electron chi connectivity index (χ4n) is 1.97. The molecule has 4 nitrogen and oxygen atoms in total. The molecule has 4 heteroatoms. The summed E-state index contributed by atoms with van der Waals surface area (Å²) in [5.74, 6) is 2.07. The largest absolute Gasteiger partial charge is 0.312 e. The van der Waals surface area contributed by atoms with Gasteiger partial charge in [0.05, 0.1) is 6.54 Å². The van der Waals surface area contributed by atoms with E-state index in [4.69, 9.17) is 0 Å². The Labute approximate surface area is 105 Å². The minimum absolute atomic E-state index is 0.597. The van der Waals surface area contributed by atoms with Crippen molar-refractivity contribution in [3.05, 3.63) is 11.6 Å². The van der Waals surface area contributed by atoms with E-state index < -0.39 is 0 Å². The molecule has 0 aliphatic rings. The lowest BCUT2D eigenvalue weighted by molar-refractivity contribution is 0.464. The first-order valence-electron chi connectivity index (χ1n) is 6.87. The van der Waals surface area contributed by atoms with Gasteiger partial charge in [-0.2, -0.15) is 5.10 Å². The van der Waals surface area contributed by atoms with Crippen LogP contribution in [-0.2, 0) is 19.4 Å². The summed E-state index contributed by atoms with van der Waals surface area (Å²) in [6, 6.07) is 0.597. The molecule has 1 atom stereocenters. The van der Waals surface area contributed by atoms with Crippen LogP contribution in [0.2, 0.25) is 0 Å². The highest BCUT2D eigenvalue weighted by molar-refractivity contribution is 4.92. The van der Waals surface area contributed by atoms with Gasteiger partial charge in [-0.05, 0) is 13.3 Å². The van der Waals surface area contributed by atoms with E-state index in [1.807, 2.05) is 4.68 Å². The zero-order valence-corrected chi connectivity index (χ0v) is 11.7. The summed E-state index contributed by atoms with van der Waals surface area (Å²) < 4.78 is 2.05. The zero-order chi connectivity index (χ0) is 12.7. The Hall–Kier alpha value is -0.900. The Balaban J connectivity index is 2.42. The molecule has 0 spiro atoms. The molecule has 1 unspecified atom stereocenters. The summed E-state index contributed by atoms with van der Waals surface area (Å²) in [7, 11) is 0. The molecule has 1 heterocycles. The standard InChI is InChI=1S/C13H26N4/c1-5-8-11(4)14-9-10-17-13(7-3)15-12(6-2)16-17/h11,14H,5-10H2,1-4H3. The molecule has 1 aromatic rings. The van der Waals surface area contributed by atoms with E-state index in [0.717, 1.165) is 37.6 Å². The Kier molecular flexibility index (Phi) is 6.19. The average molecular weight is 238 g/mol. The van der Waals surface area contributed by atoms with Gasteiger partial charge in [0.15, 0.2) is 5.82 Å². The lowest BCUT2D eigenvalue weighted by atomic mass is 10.2. The van der Waals surface area contributed by atoms with E-state index in [0.29, 0.717) is 6.04 Å². The molecule has 1 rings (SSSR count). The van der Waals surface area contributed by atoms with Crippen molar-refractivity contribution in [2.45, 2.75) is 66.0 Å². The van der Waals surface area contributed by atoms with E-state index in [2.05, 4.69) is 43.1 Å². The van der Waals surface area contributed by atoms with E-state index in [1.54, 1.807) is 0 Å². The molecule has 0 radical (unpaired) electrons. The van der Waals surface area contributed by atoms with Gasteiger partial charge in [-0.3, -0.25) is 0 Å². The maximum atomic E-state index is 4.51.